The molecule has 0 spiro atoms. The third kappa shape index (κ3) is 3.42. The van der Waals surface area contributed by atoms with Gasteiger partial charge in [0.05, 0.1) is 21.7 Å². The van der Waals surface area contributed by atoms with Crippen LogP contribution < -0.4 is 5.56 Å². The van der Waals surface area contributed by atoms with Crippen LogP contribution in [0, 0.1) is 0 Å². The summed E-state index contributed by atoms with van der Waals surface area (Å²) in [4.78, 5) is 12.7. The largest absolute Gasteiger partial charge is 0.299 e. The van der Waals surface area contributed by atoms with E-state index in [0.29, 0.717) is 28.0 Å². The number of nitrogens with zero attached hydrogens (tertiary/aromatic N) is 7. The summed E-state index contributed by atoms with van der Waals surface area (Å²) in [5.74, 6) is 2.62. The van der Waals surface area contributed by atoms with Crippen molar-refractivity contribution < 1.29 is 0 Å². The molecule has 3 aromatic heterocycles. The minimum atomic E-state index is -0.0833. The molecule has 34 heavy (non-hydrogen) atoms. The van der Waals surface area contributed by atoms with Gasteiger partial charge >= 0.3 is 0 Å². The number of fused-ring (bicyclic) bond motifs is 3. The molecule has 1 fully saturated rings. The van der Waals surface area contributed by atoms with Gasteiger partial charge in [-0.05, 0) is 37.1 Å². The molecule has 6 rings (SSSR count). The lowest BCUT2D eigenvalue weighted by molar-refractivity contribution is 0.485. The predicted octanol–water partition coefficient (Wildman–Crippen LogP) is 4.90. The molecule has 10 heteroatoms. The molecule has 0 bridgehead atoms. The Morgan fingerprint density at radius 1 is 1.00 bits per heavy atom. The summed E-state index contributed by atoms with van der Waals surface area (Å²) in [6.07, 6.45) is 4.60. The molecular formula is C24H22ClN7OS. The van der Waals surface area contributed by atoms with Crippen LogP contribution in [-0.4, -0.2) is 33.9 Å². The predicted molar refractivity (Wildman–Crippen MR) is 133 cm³/mol. The van der Waals surface area contributed by atoms with E-state index >= 15 is 0 Å². The molecular weight excluding hydrogens is 470 g/mol. The number of hydrogen-bond acceptors (Lipinski definition) is 6. The number of benzene rings is 2. The highest BCUT2D eigenvalue weighted by atomic mass is 35.5. The van der Waals surface area contributed by atoms with Gasteiger partial charge in [-0.15, -0.1) is 20.4 Å². The van der Waals surface area contributed by atoms with Crippen molar-refractivity contribution >= 4 is 40.0 Å². The van der Waals surface area contributed by atoms with E-state index in [2.05, 4.69) is 25.0 Å². The second-order valence-electron chi connectivity index (χ2n) is 8.52. The van der Waals surface area contributed by atoms with E-state index in [1.54, 1.807) is 23.4 Å². The summed E-state index contributed by atoms with van der Waals surface area (Å²) >= 11 is 8.10. The van der Waals surface area contributed by atoms with Crippen LogP contribution in [-0.2, 0) is 12.8 Å². The lowest BCUT2D eigenvalue weighted by Crippen LogP contribution is -2.20. The fraction of sp³-hybridized carbons (Fsp3) is 0.292. The Labute approximate surface area is 204 Å². The second-order valence-corrected chi connectivity index (χ2v) is 9.87. The maximum Gasteiger partial charge on any atom is 0.262 e. The number of aromatic nitrogens is 7. The highest BCUT2D eigenvalue weighted by Crippen LogP contribution is 2.38. The van der Waals surface area contributed by atoms with Crippen LogP contribution in [0.15, 0.2) is 58.5 Å². The second kappa shape index (κ2) is 8.56. The first-order valence-corrected chi connectivity index (χ1v) is 12.6. The molecule has 0 aliphatic heterocycles. The highest BCUT2D eigenvalue weighted by Gasteiger charge is 2.26. The van der Waals surface area contributed by atoms with Crippen molar-refractivity contribution in [2.45, 2.75) is 42.6 Å². The van der Waals surface area contributed by atoms with Crippen molar-refractivity contribution in [3.05, 3.63) is 69.7 Å². The maximum absolute atomic E-state index is 12.7. The molecule has 0 radical (unpaired) electrons. The van der Waals surface area contributed by atoms with Gasteiger partial charge < -0.3 is 0 Å². The molecule has 8 nitrogen and oxygen atoms in total. The Kier molecular flexibility index (Phi) is 5.38. The minimum absolute atomic E-state index is 0.0833. The van der Waals surface area contributed by atoms with Gasteiger partial charge in [0.2, 0.25) is 5.78 Å². The Hall–Kier alpha value is -3.17. The number of halogens is 1. The quantitative estimate of drug-likeness (QED) is 0.325. The van der Waals surface area contributed by atoms with Gasteiger partial charge in [-0.3, -0.25) is 18.3 Å². The summed E-state index contributed by atoms with van der Waals surface area (Å²) in [6.45, 7) is 0. The third-order valence-corrected chi connectivity index (χ3v) is 7.76. The normalized spacial score (nSPS) is 14.5. The summed E-state index contributed by atoms with van der Waals surface area (Å²) in [5, 5.41) is 20.0. The summed E-state index contributed by atoms with van der Waals surface area (Å²) in [7, 11) is 1.72. The van der Waals surface area contributed by atoms with Crippen molar-refractivity contribution in [1.29, 1.82) is 0 Å². The standard InChI is InChI=1S/C24H22ClN7OS/c1-30-22(33)17-11-5-7-13-19(17)32-20(26-28-23(30)32)14-34-24-29-27-21(16-10-4-6-12-18(16)25)31(24)15-8-2-3-9-15/h4-7,10-13,15H,2-3,8-9,14H2,1H3. The van der Waals surface area contributed by atoms with Crippen LogP contribution in [0.1, 0.15) is 37.5 Å². The van der Waals surface area contributed by atoms with Crippen LogP contribution in [0.5, 0.6) is 0 Å². The van der Waals surface area contributed by atoms with Crippen LogP contribution >= 0.6 is 23.4 Å². The van der Waals surface area contributed by atoms with Crippen molar-refractivity contribution in [3.8, 4) is 11.4 Å². The number of aryl methyl sites for hydroxylation is 1. The Balaban J connectivity index is 1.42. The molecule has 3 heterocycles. The van der Waals surface area contributed by atoms with Crippen LogP contribution in [0.25, 0.3) is 28.1 Å². The van der Waals surface area contributed by atoms with E-state index < -0.39 is 0 Å². The molecule has 0 atom stereocenters. The first-order valence-electron chi connectivity index (χ1n) is 11.3. The van der Waals surface area contributed by atoms with Gasteiger partial charge in [0.1, 0.15) is 5.82 Å². The molecule has 0 N–H and O–H groups in total. The van der Waals surface area contributed by atoms with E-state index in [1.807, 2.05) is 52.9 Å². The van der Waals surface area contributed by atoms with Gasteiger partial charge in [0.15, 0.2) is 11.0 Å². The zero-order valence-corrected chi connectivity index (χ0v) is 20.1. The van der Waals surface area contributed by atoms with E-state index in [9.17, 15) is 4.79 Å². The van der Waals surface area contributed by atoms with E-state index in [1.165, 1.54) is 12.8 Å². The van der Waals surface area contributed by atoms with E-state index in [0.717, 1.165) is 40.7 Å². The first-order chi connectivity index (χ1) is 16.6. The number of rotatable bonds is 5. The molecule has 2 aromatic carbocycles. The van der Waals surface area contributed by atoms with Crippen molar-refractivity contribution in [2.75, 3.05) is 0 Å². The number of thioether (sulfide) groups is 1. The zero-order chi connectivity index (χ0) is 23.2. The van der Waals surface area contributed by atoms with Gasteiger partial charge in [0, 0.05) is 18.7 Å². The molecule has 0 amide bonds. The maximum atomic E-state index is 12.7. The molecule has 0 saturated heterocycles. The van der Waals surface area contributed by atoms with E-state index in [-0.39, 0.29) is 5.56 Å². The van der Waals surface area contributed by atoms with Gasteiger partial charge in [-0.1, -0.05) is 60.5 Å². The van der Waals surface area contributed by atoms with Gasteiger partial charge in [-0.2, -0.15) is 0 Å². The summed E-state index contributed by atoms with van der Waals surface area (Å²) < 4.78 is 5.74. The average Bonchev–Trinajstić information content (AvgIpc) is 3.61. The van der Waals surface area contributed by atoms with Crippen molar-refractivity contribution in [1.82, 2.24) is 33.9 Å². The van der Waals surface area contributed by atoms with Gasteiger partial charge in [-0.25, -0.2) is 0 Å². The Morgan fingerprint density at radius 2 is 1.76 bits per heavy atom. The molecule has 172 valence electrons. The molecule has 5 aromatic rings. The first kappa shape index (κ1) is 21.4. The van der Waals surface area contributed by atoms with Crippen molar-refractivity contribution in [3.63, 3.8) is 0 Å². The fourth-order valence-corrected chi connectivity index (χ4v) is 5.95. The Bertz CT molecular complexity index is 1580. The summed E-state index contributed by atoms with van der Waals surface area (Å²) in [6, 6.07) is 15.7. The lowest BCUT2D eigenvalue weighted by atomic mass is 10.2. The fourth-order valence-electron chi connectivity index (χ4n) is 4.81. The lowest BCUT2D eigenvalue weighted by Gasteiger charge is -2.17. The molecule has 1 aliphatic carbocycles. The molecule has 1 saturated carbocycles. The highest BCUT2D eigenvalue weighted by molar-refractivity contribution is 7.98. The zero-order valence-electron chi connectivity index (χ0n) is 18.6. The monoisotopic (exact) mass is 491 g/mol. The molecule has 1 aliphatic rings. The van der Waals surface area contributed by atoms with Crippen LogP contribution in [0.3, 0.4) is 0 Å². The average molecular weight is 492 g/mol. The molecule has 0 unspecified atom stereocenters. The third-order valence-electron chi connectivity index (χ3n) is 6.49. The smallest absolute Gasteiger partial charge is 0.262 e. The van der Waals surface area contributed by atoms with Crippen LogP contribution in [0.2, 0.25) is 5.02 Å². The number of para-hydroxylation sites is 1. The number of hydrogen-bond donors (Lipinski definition) is 0. The van der Waals surface area contributed by atoms with Gasteiger partial charge in [0.25, 0.3) is 5.56 Å². The Morgan fingerprint density at radius 3 is 2.59 bits per heavy atom. The minimum Gasteiger partial charge on any atom is -0.299 e. The summed E-state index contributed by atoms with van der Waals surface area (Å²) in [5.41, 5.74) is 1.61. The van der Waals surface area contributed by atoms with Crippen molar-refractivity contribution in [2.24, 2.45) is 7.05 Å². The van der Waals surface area contributed by atoms with Crippen LogP contribution in [0.4, 0.5) is 0 Å². The SMILES string of the molecule is Cn1c(=O)c2ccccc2n2c(CSc3nnc(-c4ccccc4Cl)n3C3CCCC3)nnc12. The topological polar surface area (TPSA) is 82.9 Å². The van der Waals surface area contributed by atoms with E-state index in [4.69, 9.17) is 11.6 Å².